The van der Waals surface area contributed by atoms with E-state index in [0.29, 0.717) is 30.1 Å². The number of hydrogen-bond acceptors (Lipinski definition) is 6. The van der Waals surface area contributed by atoms with Crippen LogP contribution in [0.1, 0.15) is 65.2 Å². The van der Waals surface area contributed by atoms with Gasteiger partial charge in [-0.2, -0.15) is 15.0 Å². The van der Waals surface area contributed by atoms with Crippen LogP contribution in [-0.4, -0.2) is 49.2 Å². The van der Waals surface area contributed by atoms with E-state index < -0.39 is 5.60 Å². The lowest BCUT2D eigenvalue weighted by Gasteiger charge is -2.55. The van der Waals surface area contributed by atoms with Crippen LogP contribution in [0, 0.1) is 46.8 Å². The maximum absolute atomic E-state index is 13.6. The van der Waals surface area contributed by atoms with Crippen LogP contribution in [0.2, 0.25) is 0 Å². The number of aromatic nitrogens is 4. The highest BCUT2D eigenvalue weighted by Crippen LogP contribution is 2.69. The average molecular weight is 479 g/mol. The monoisotopic (exact) mass is 478 g/mol. The molecule has 7 nitrogen and oxygen atoms in total. The number of ketones is 1. The summed E-state index contributed by atoms with van der Waals surface area (Å²) in [6.07, 6.45) is 12.6. The number of ether oxygens (including phenoxy) is 1. The van der Waals surface area contributed by atoms with Gasteiger partial charge >= 0.3 is 0 Å². The molecule has 0 spiro atoms. The number of pyridine rings is 1. The molecule has 7 heteroatoms. The van der Waals surface area contributed by atoms with Crippen molar-refractivity contribution in [2.45, 2.75) is 83.5 Å². The van der Waals surface area contributed by atoms with Crippen molar-refractivity contribution in [1.29, 1.82) is 0 Å². The van der Waals surface area contributed by atoms with Gasteiger partial charge in [0.25, 0.3) is 0 Å². The van der Waals surface area contributed by atoms with Gasteiger partial charge in [0.2, 0.25) is 0 Å². The summed E-state index contributed by atoms with van der Waals surface area (Å²) in [7, 11) is 0. The molecule has 1 N–H and O–H groups in total. The minimum Gasteiger partial charge on any atom is -0.387 e. The molecule has 5 saturated carbocycles. The molecule has 5 aliphatic carbocycles. The minimum atomic E-state index is -0.542. The lowest BCUT2D eigenvalue weighted by Crippen LogP contribution is -2.50. The quantitative estimate of drug-likeness (QED) is 0.698. The number of nitrogens with zero attached hydrogens (tertiary/aromatic N) is 4. The summed E-state index contributed by atoms with van der Waals surface area (Å²) in [6, 6.07) is 1.85. The molecule has 0 saturated heterocycles. The first-order valence-electron chi connectivity index (χ1n) is 14.0. The van der Waals surface area contributed by atoms with E-state index in [1.165, 1.54) is 25.7 Å². The van der Waals surface area contributed by atoms with Crippen LogP contribution in [0.15, 0.2) is 18.5 Å². The van der Waals surface area contributed by atoms with Crippen LogP contribution in [0.25, 0.3) is 11.0 Å². The Hall–Kier alpha value is -1.86. The molecule has 5 fully saturated rings. The fraction of sp³-hybridized carbons (Fsp3) is 0.786. The van der Waals surface area contributed by atoms with Crippen LogP contribution >= 0.6 is 0 Å². The first kappa shape index (κ1) is 22.3. The zero-order valence-corrected chi connectivity index (χ0v) is 21.0. The van der Waals surface area contributed by atoms with E-state index >= 15 is 0 Å². The highest BCUT2D eigenvalue weighted by atomic mass is 16.5. The number of fused-ring (bicyclic) bond motifs is 8. The highest BCUT2D eigenvalue weighted by molar-refractivity contribution is 5.82. The molecule has 0 bridgehead atoms. The van der Waals surface area contributed by atoms with Gasteiger partial charge in [-0.15, -0.1) is 0 Å². The Bertz CT molecular complexity index is 1120. The summed E-state index contributed by atoms with van der Waals surface area (Å²) in [5, 5.41) is 20.2. The van der Waals surface area contributed by atoms with Gasteiger partial charge < -0.3 is 9.84 Å². The molecule has 35 heavy (non-hydrogen) atoms. The van der Waals surface area contributed by atoms with Gasteiger partial charge in [0.15, 0.2) is 5.78 Å². The average Bonchev–Trinajstić information content (AvgIpc) is 3.12. The Kier molecular flexibility index (Phi) is 4.99. The van der Waals surface area contributed by atoms with Gasteiger partial charge in [-0.25, -0.2) is 0 Å². The van der Waals surface area contributed by atoms with Gasteiger partial charge in [-0.05, 0) is 99.4 Å². The Labute approximate surface area is 207 Å². The maximum Gasteiger partial charge on any atom is 0.159 e. The molecule has 0 amide bonds. The van der Waals surface area contributed by atoms with E-state index in [9.17, 15) is 9.90 Å². The largest absolute Gasteiger partial charge is 0.387 e. The molecule has 10 atom stereocenters. The lowest BCUT2D eigenvalue weighted by molar-refractivity contribution is -0.132. The van der Waals surface area contributed by atoms with Crippen molar-refractivity contribution >= 4 is 16.8 Å². The minimum absolute atomic E-state index is 0.0738. The molecule has 2 aromatic rings. The van der Waals surface area contributed by atoms with Gasteiger partial charge in [0.1, 0.15) is 17.6 Å². The van der Waals surface area contributed by atoms with E-state index in [4.69, 9.17) is 4.74 Å². The SMILES string of the molecule is CCOC1C2C3CCC4C(CCC5(C)C(C(=O)Cn6nc7ccncc7n6)CCC45)C3CCC12O. The second-order valence-corrected chi connectivity index (χ2v) is 12.5. The molecule has 7 rings (SSSR count). The number of Topliss-reactive ketones (excluding diaryl/α,β-unsaturated/α-hetero) is 1. The Balaban J connectivity index is 1.07. The molecule has 5 aliphatic rings. The standard InChI is InChI=1S/C28H38N4O3/c1-3-35-26-25-19-5-4-18-16(17(19)9-12-28(25,26)34)8-11-27(2)20(18)6-7-21(27)24(33)15-32-30-22-10-13-29-14-23(22)31-32/h10,13-14,16-21,25-26,34H,3-9,11-12,15H2,1-2H3. The Morgan fingerprint density at radius 3 is 2.66 bits per heavy atom. The van der Waals surface area contributed by atoms with Crippen LogP contribution in [0.3, 0.4) is 0 Å². The fourth-order valence-corrected chi connectivity index (χ4v) is 9.86. The molecule has 0 aliphatic heterocycles. The molecule has 188 valence electrons. The Morgan fingerprint density at radius 2 is 1.83 bits per heavy atom. The third kappa shape index (κ3) is 3.16. The van der Waals surface area contributed by atoms with E-state index in [1.54, 1.807) is 17.2 Å². The first-order chi connectivity index (χ1) is 16.9. The molecule has 2 aromatic heterocycles. The van der Waals surface area contributed by atoms with Crippen molar-refractivity contribution in [1.82, 2.24) is 20.0 Å². The molecule has 2 heterocycles. The van der Waals surface area contributed by atoms with Crippen LogP contribution < -0.4 is 0 Å². The van der Waals surface area contributed by atoms with Gasteiger partial charge in [-0.1, -0.05) is 6.92 Å². The van der Waals surface area contributed by atoms with Crippen molar-refractivity contribution < 1.29 is 14.6 Å². The number of carbonyl (C=O) groups excluding carboxylic acids is 1. The van der Waals surface area contributed by atoms with Crippen LogP contribution in [-0.2, 0) is 16.1 Å². The Morgan fingerprint density at radius 1 is 1.06 bits per heavy atom. The lowest BCUT2D eigenvalue weighted by atomic mass is 9.49. The smallest absolute Gasteiger partial charge is 0.159 e. The van der Waals surface area contributed by atoms with E-state index in [0.717, 1.165) is 54.5 Å². The molecule has 10 unspecified atom stereocenters. The third-order valence-electron chi connectivity index (χ3n) is 11.3. The summed E-state index contributed by atoms with van der Waals surface area (Å²) in [5.41, 5.74) is 1.10. The number of rotatable bonds is 5. The summed E-state index contributed by atoms with van der Waals surface area (Å²) < 4.78 is 5.98. The number of aliphatic hydroxyl groups is 1. The van der Waals surface area contributed by atoms with Crippen molar-refractivity contribution in [3.63, 3.8) is 0 Å². The maximum atomic E-state index is 13.6. The second-order valence-electron chi connectivity index (χ2n) is 12.5. The van der Waals surface area contributed by atoms with Crippen molar-refractivity contribution in [3.05, 3.63) is 18.5 Å². The molecular weight excluding hydrogens is 440 g/mol. The summed E-state index contributed by atoms with van der Waals surface area (Å²) in [5.74, 6) is 4.28. The molecular formula is C28H38N4O3. The normalized spacial score (nSPS) is 45.9. The van der Waals surface area contributed by atoms with Gasteiger partial charge in [0, 0.05) is 24.6 Å². The number of hydrogen-bond donors (Lipinski definition) is 1. The first-order valence-corrected chi connectivity index (χ1v) is 14.0. The third-order valence-corrected chi connectivity index (χ3v) is 11.3. The van der Waals surface area contributed by atoms with E-state index in [1.807, 2.05) is 13.0 Å². The predicted molar refractivity (Wildman–Crippen MR) is 130 cm³/mol. The fourth-order valence-electron chi connectivity index (χ4n) is 9.86. The topological polar surface area (TPSA) is 90.1 Å². The second kappa shape index (κ2) is 7.82. The van der Waals surface area contributed by atoms with Gasteiger partial charge in [0.05, 0.1) is 17.9 Å². The van der Waals surface area contributed by atoms with Crippen LogP contribution in [0.4, 0.5) is 0 Å². The summed E-state index contributed by atoms with van der Waals surface area (Å²) in [6.45, 7) is 5.42. The van der Waals surface area contributed by atoms with E-state index in [-0.39, 0.29) is 24.0 Å². The van der Waals surface area contributed by atoms with Crippen molar-refractivity contribution in [2.24, 2.45) is 46.8 Å². The zero-order chi connectivity index (χ0) is 23.9. The molecule has 0 aromatic carbocycles. The zero-order valence-electron chi connectivity index (χ0n) is 21.0. The summed E-state index contributed by atoms with van der Waals surface area (Å²) in [4.78, 5) is 19.3. The predicted octanol–water partition coefficient (Wildman–Crippen LogP) is 4.04. The van der Waals surface area contributed by atoms with Gasteiger partial charge in [-0.3, -0.25) is 9.78 Å². The number of carbonyl (C=O) groups is 1. The van der Waals surface area contributed by atoms with Crippen LogP contribution in [0.5, 0.6) is 0 Å². The van der Waals surface area contributed by atoms with Crippen molar-refractivity contribution in [2.75, 3.05) is 6.61 Å². The highest BCUT2D eigenvalue weighted by Gasteiger charge is 2.72. The van der Waals surface area contributed by atoms with Crippen molar-refractivity contribution in [3.8, 4) is 0 Å². The molecule has 0 radical (unpaired) electrons. The van der Waals surface area contributed by atoms with E-state index in [2.05, 4.69) is 22.1 Å². The summed E-state index contributed by atoms with van der Waals surface area (Å²) >= 11 is 0.